The lowest BCUT2D eigenvalue weighted by Crippen LogP contribution is -2.48. The molecule has 10 heteroatoms. The fourth-order valence-corrected chi connectivity index (χ4v) is 4.60. The van der Waals surface area contributed by atoms with Crippen molar-refractivity contribution < 1.29 is 9.53 Å². The fourth-order valence-electron chi connectivity index (χ4n) is 4.60. The SMILES string of the molecule is CNc1cc(Nc2cc(-c3ccc4c(cnn4C)c3)ncn2)c(OC)cc1N1CCN(C(C)=O)CC1. The van der Waals surface area contributed by atoms with Gasteiger partial charge in [0, 0.05) is 70.3 Å². The van der Waals surface area contributed by atoms with Gasteiger partial charge >= 0.3 is 0 Å². The first kappa shape index (κ1) is 23.4. The van der Waals surface area contributed by atoms with E-state index in [0.29, 0.717) is 24.7 Å². The molecule has 1 aliphatic heterocycles. The number of amides is 1. The molecule has 10 nitrogen and oxygen atoms in total. The number of hydrogen-bond donors (Lipinski definition) is 2. The van der Waals surface area contributed by atoms with Crippen LogP contribution in [0.25, 0.3) is 22.2 Å². The second-order valence-electron chi connectivity index (χ2n) is 8.77. The molecular weight excluding hydrogens is 456 g/mol. The molecule has 0 unspecified atom stereocenters. The summed E-state index contributed by atoms with van der Waals surface area (Å²) in [6, 6.07) is 12.1. The van der Waals surface area contributed by atoms with Gasteiger partial charge in [0.25, 0.3) is 0 Å². The Labute approximate surface area is 209 Å². The molecular formula is C26H30N8O2. The zero-order chi connectivity index (χ0) is 25.2. The molecule has 0 spiro atoms. The quantitative estimate of drug-likeness (QED) is 0.427. The van der Waals surface area contributed by atoms with E-state index >= 15 is 0 Å². The molecule has 0 saturated carbocycles. The van der Waals surface area contributed by atoms with Crippen LogP contribution >= 0.6 is 0 Å². The number of nitrogens with zero attached hydrogens (tertiary/aromatic N) is 6. The fraction of sp³-hybridized carbons (Fsp3) is 0.308. The van der Waals surface area contributed by atoms with Crippen molar-refractivity contribution in [1.29, 1.82) is 0 Å². The lowest BCUT2D eigenvalue weighted by molar-refractivity contribution is -0.129. The highest BCUT2D eigenvalue weighted by Gasteiger charge is 2.22. The van der Waals surface area contributed by atoms with E-state index in [1.807, 2.05) is 60.2 Å². The van der Waals surface area contributed by atoms with Crippen LogP contribution in [0, 0.1) is 0 Å². The smallest absolute Gasteiger partial charge is 0.219 e. The highest BCUT2D eigenvalue weighted by molar-refractivity contribution is 5.85. The molecule has 3 heterocycles. The average Bonchev–Trinajstić information content (AvgIpc) is 3.28. The van der Waals surface area contributed by atoms with Crippen molar-refractivity contribution in [3.05, 3.63) is 48.9 Å². The van der Waals surface area contributed by atoms with Crippen LogP contribution in [-0.4, -0.2) is 70.9 Å². The summed E-state index contributed by atoms with van der Waals surface area (Å²) >= 11 is 0. The van der Waals surface area contributed by atoms with E-state index in [4.69, 9.17) is 4.74 Å². The van der Waals surface area contributed by atoms with Crippen LogP contribution in [0.5, 0.6) is 5.75 Å². The van der Waals surface area contributed by atoms with E-state index < -0.39 is 0 Å². The van der Waals surface area contributed by atoms with Crippen LogP contribution in [0.2, 0.25) is 0 Å². The van der Waals surface area contributed by atoms with Crippen molar-refractivity contribution in [3.63, 3.8) is 0 Å². The molecule has 36 heavy (non-hydrogen) atoms. The summed E-state index contributed by atoms with van der Waals surface area (Å²) in [6.07, 6.45) is 3.41. The largest absolute Gasteiger partial charge is 0.494 e. The number of aryl methyl sites for hydroxylation is 1. The van der Waals surface area contributed by atoms with Gasteiger partial charge in [-0.2, -0.15) is 5.10 Å². The number of anilines is 4. The van der Waals surface area contributed by atoms with Gasteiger partial charge in [0.1, 0.15) is 17.9 Å². The van der Waals surface area contributed by atoms with Gasteiger partial charge in [0.2, 0.25) is 5.91 Å². The van der Waals surface area contributed by atoms with Gasteiger partial charge in [-0.1, -0.05) is 6.07 Å². The van der Waals surface area contributed by atoms with Gasteiger partial charge in [-0.25, -0.2) is 9.97 Å². The second kappa shape index (κ2) is 9.73. The van der Waals surface area contributed by atoms with Crippen LogP contribution in [-0.2, 0) is 11.8 Å². The van der Waals surface area contributed by atoms with Gasteiger partial charge in [-0.3, -0.25) is 9.48 Å². The van der Waals surface area contributed by atoms with Crippen LogP contribution in [0.1, 0.15) is 6.92 Å². The number of ether oxygens (including phenoxy) is 1. The number of carbonyl (C=O) groups is 1. The zero-order valence-corrected chi connectivity index (χ0v) is 20.9. The predicted octanol–water partition coefficient (Wildman–Crippen LogP) is 3.49. The Morgan fingerprint density at radius 2 is 1.83 bits per heavy atom. The standard InChI is InChI=1S/C26H30N8O2/c1-17(35)33-7-9-34(10-8-33)24-14-25(36-4)22(12-21(24)27-2)31-26-13-20(28-16-29-26)18-5-6-23-19(11-18)15-30-32(23)3/h5-6,11-16,27H,7-10H2,1-4H3,(H,28,29,31). The van der Waals surface area contributed by atoms with Crippen LogP contribution in [0.15, 0.2) is 48.9 Å². The van der Waals surface area contributed by atoms with E-state index in [2.05, 4.69) is 36.7 Å². The normalized spacial score (nSPS) is 13.7. The van der Waals surface area contributed by atoms with Crippen molar-refractivity contribution in [3.8, 4) is 17.0 Å². The molecule has 0 atom stereocenters. The zero-order valence-electron chi connectivity index (χ0n) is 20.9. The van der Waals surface area contributed by atoms with Crippen LogP contribution < -0.4 is 20.3 Å². The second-order valence-corrected chi connectivity index (χ2v) is 8.77. The van der Waals surface area contributed by atoms with Crippen molar-refractivity contribution in [2.24, 2.45) is 7.05 Å². The molecule has 4 aromatic rings. The van der Waals surface area contributed by atoms with Gasteiger partial charge < -0.3 is 25.2 Å². The number of rotatable bonds is 6. The van der Waals surface area contributed by atoms with Crippen LogP contribution in [0.3, 0.4) is 0 Å². The highest BCUT2D eigenvalue weighted by atomic mass is 16.5. The summed E-state index contributed by atoms with van der Waals surface area (Å²) in [5.74, 6) is 1.48. The minimum atomic E-state index is 0.116. The molecule has 2 N–H and O–H groups in total. The summed E-state index contributed by atoms with van der Waals surface area (Å²) in [7, 11) is 5.49. The summed E-state index contributed by atoms with van der Waals surface area (Å²) in [5, 5.41) is 12.1. The molecule has 2 aromatic heterocycles. The third-order valence-electron chi connectivity index (χ3n) is 6.62. The average molecular weight is 487 g/mol. The molecule has 1 saturated heterocycles. The summed E-state index contributed by atoms with van der Waals surface area (Å²) in [6.45, 7) is 4.56. The monoisotopic (exact) mass is 486 g/mol. The molecule has 1 fully saturated rings. The number of fused-ring (bicyclic) bond motifs is 1. The van der Waals surface area contributed by atoms with Crippen molar-refractivity contribution in [2.75, 3.05) is 55.9 Å². The molecule has 0 bridgehead atoms. The van der Waals surface area contributed by atoms with E-state index in [0.717, 1.165) is 52.3 Å². The minimum absolute atomic E-state index is 0.116. The van der Waals surface area contributed by atoms with E-state index in [1.54, 1.807) is 20.4 Å². The maximum atomic E-state index is 11.7. The Balaban J connectivity index is 1.41. The first-order valence-corrected chi connectivity index (χ1v) is 11.9. The molecule has 0 aliphatic carbocycles. The maximum absolute atomic E-state index is 11.7. The van der Waals surface area contributed by atoms with Crippen molar-refractivity contribution >= 4 is 39.7 Å². The third kappa shape index (κ3) is 4.49. The number of nitrogens with one attached hydrogen (secondary N) is 2. The first-order chi connectivity index (χ1) is 17.5. The Morgan fingerprint density at radius 3 is 2.56 bits per heavy atom. The molecule has 1 amide bonds. The first-order valence-electron chi connectivity index (χ1n) is 11.9. The summed E-state index contributed by atoms with van der Waals surface area (Å²) in [5.41, 5.74) is 5.66. The molecule has 1 aliphatic rings. The third-order valence-corrected chi connectivity index (χ3v) is 6.62. The maximum Gasteiger partial charge on any atom is 0.219 e. The van der Waals surface area contributed by atoms with E-state index in [1.165, 1.54) is 0 Å². The van der Waals surface area contributed by atoms with Gasteiger partial charge in [-0.05, 0) is 18.2 Å². The van der Waals surface area contributed by atoms with E-state index in [9.17, 15) is 4.79 Å². The number of aromatic nitrogens is 4. The molecule has 5 rings (SSSR count). The minimum Gasteiger partial charge on any atom is -0.494 e. The Kier molecular flexibility index (Phi) is 6.32. The Hall–Kier alpha value is -4.34. The number of piperazine rings is 1. The molecule has 0 radical (unpaired) electrons. The van der Waals surface area contributed by atoms with Gasteiger partial charge in [0.05, 0.1) is 41.6 Å². The van der Waals surface area contributed by atoms with Crippen molar-refractivity contribution in [1.82, 2.24) is 24.6 Å². The topological polar surface area (TPSA) is 100 Å². The molecule has 2 aromatic carbocycles. The van der Waals surface area contributed by atoms with Gasteiger partial charge in [-0.15, -0.1) is 0 Å². The molecule has 186 valence electrons. The summed E-state index contributed by atoms with van der Waals surface area (Å²) < 4.78 is 7.59. The summed E-state index contributed by atoms with van der Waals surface area (Å²) in [4.78, 5) is 24.8. The Morgan fingerprint density at radius 1 is 1.03 bits per heavy atom. The lowest BCUT2D eigenvalue weighted by Gasteiger charge is -2.36. The predicted molar refractivity (Wildman–Crippen MR) is 142 cm³/mol. The van der Waals surface area contributed by atoms with Crippen LogP contribution in [0.4, 0.5) is 22.9 Å². The van der Waals surface area contributed by atoms with Crippen molar-refractivity contribution in [2.45, 2.75) is 6.92 Å². The number of benzene rings is 2. The number of methoxy groups -OCH3 is 1. The Bertz CT molecular complexity index is 1410. The highest BCUT2D eigenvalue weighted by Crippen LogP contribution is 2.38. The number of hydrogen-bond acceptors (Lipinski definition) is 8. The lowest BCUT2D eigenvalue weighted by atomic mass is 10.1. The van der Waals surface area contributed by atoms with E-state index in [-0.39, 0.29) is 5.91 Å². The number of carbonyl (C=O) groups excluding carboxylic acids is 1. The van der Waals surface area contributed by atoms with Gasteiger partial charge in [0.15, 0.2) is 0 Å².